The van der Waals surface area contributed by atoms with Gasteiger partial charge in [-0.05, 0) is 143 Å². The molecule has 2 aliphatic heterocycles. The van der Waals surface area contributed by atoms with E-state index in [1.807, 2.05) is 17.0 Å². The summed E-state index contributed by atoms with van der Waals surface area (Å²) in [5, 5.41) is 24.9. The van der Waals surface area contributed by atoms with E-state index in [1.54, 1.807) is 94.6 Å². The molecule has 0 spiro atoms. The highest BCUT2D eigenvalue weighted by molar-refractivity contribution is 6.05. The van der Waals surface area contributed by atoms with E-state index in [-0.39, 0.29) is 91.2 Å². The molecule has 0 aromatic heterocycles. The lowest BCUT2D eigenvalue weighted by atomic mass is 9.80. The normalized spacial score (nSPS) is 17.9. The lowest BCUT2D eigenvalue weighted by Crippen LogP contribution is -2.51. The molecule has 5 aromatic carbocycles. The summed E-state index contributed by atoms with van der Waals surface area (Å²) >= 11 is 0. The van der Waals surface area contributed by atoms with E-state index in [0.717, 1.165) is 40.1 Å². The average molecular weight is 1220 g/mol. The Morgan fingerprint density at radius 3 is 1.52 bits per heavy atom. The Morgan fingerprint density at radius 2 is 1.10 bits per heavy atom. The number of amides is 6. The number of halogens is 6. The topological polar surface area (TPSA) is 209 Å². The Labute approximate surface area is 510 Å². The van der Waals surface area contributed by atoms with Crippen molar-refractivity contribution in [3.05, 3.63) is 212 Å². The summed E-state index contributed by atoms with van der Waals surface area (Å²) < 4.78 is 94.8. The van der Waals surface area contributed by atoms with Gasteiger partial charge in [0.05, 0.1) is 87.6 Å². The summed E-state index contributed by atoms with van der Waals surface area (Å²) in [5.41, 5.74) is -0.394. The molecule has 0 radical (unpaired) electrons. The molecule has 5 aromatic rings. The molecule has 1 aliphatic carbocycles. The van der Waals surface area contributed by atoms with Crippen molar-refractivity contribution < 1.29 is 64.6 Å². The molecule has 0 saturated carbocycles. The number of benzene rings is 5. The van der Waals surface area contributed by atoms with E-state index in [0.29, 0.717) is 46.5 Å². The number of nitriles is 2. The number of alkyl halides is 6. The van der Waals surface area contributed by atoms with E-state index in [4.69, 9.17) is 9.47 Å². The fourth-order valence-electron chi connectivity index (χ4n) is 10.7. The van der Waals surface area contributed by atoms with Gasteiger partial charge in [-0.1, -0.05) is 66.8 Å². The number of hydrogen-bond acceptors (Lipinski definition) is 11. The summed E-state index contributed by atoms with van der Waals surface area (Å²) in [7, 11) is 1.81. The van der Waals surface area contributed by atoms with Crippen LogP contribution in [0.4, 0.5) is 47.3 Å². The maximum absolute atomic E-state index is 14.8. The van der Waals surface area contributed by atoms with E-state index in [2.05, 4.69) is 10.6 Å². The highest BCUT2D eigenvalue weighted by Gasteiger charge is 2.46. The van der Waals surface area contributed by atoms with Crippen molar-refractivity contribution >= 4 is 47.2 Å². The smallest absolute Gasteiger partial charge is 0.416 e. The zero-order valence-electron chi connectivity index (χ0n) is 49.5. The molecule has 3 unspecified atom stereocenters. The van der Waals surface area contributed by atoms with Crippen molar-refractivity contribution in [3.63, 3.8) is 0 Å². The van der Waals surface area contributed by atoms with Crippen molar-refractivity contribution in [1.29, 1.82) is 10.5 Å². The van der Waals surface area contributed by atoms with Crippen LogP contribution >= 0.6 is 0 Å². The summed E-state index contributed by atoms with van der Waals surface area (Å²) in [5.74, 6) is -2.32. The molecule has 0 fully saturated rings. The molecule has 6 amide bonds. The predicted octanol–water partition coefficient (Wildman–Crippen LogP) is 11.7. The van der Waals surface area contributed by atoms with Crippen molar-refractivity contribution in [2.45, 2.75) is 72.0 Å². The largest absolute Gasteiger partial charge is 0.463 e. The van der Waals surface area contributed by atoms with Gasteiger partial charge in [0.2, 0.25) is 5.91 Å². The van der Waals surface area contributed by atoms with Gasteiger partial charge in [-0.3, -0.25) is 19.4 Å². The van der Waals surface area contributed by atoms with Gasteiger partial charge >= 0.3 is 36.4 Å². The molecule has 17 nitrogen and oxygen atoms in total. The monoisotopic (exact) mass is 1220 g/mol. The minimum Gasteiger partial charge on any atom is -0.463 e. The van der Waals surface area contributed by atoms with E-state index < -0.39 is 70.9 Å². The molecule has 3 aliphatic rings. The molecule has 2 N–H and O–H groups in total. The van der Waals surface area contributed by atoms with Gasteiger partial charge in [-0.2, -0.15) is 36.9 Å². The average Bonchev–Trinajstić information content (AvgIpc) is 0.803. The van der Waals surface area contributed by atoms with Gasteiger partial charge in [-0.25, -0.2) is 19.2 Å². The molecule has 89 heavy (non-hydrogen) atoms. The number of nitrogens with one attached hydrogen (secondary N) is 2. The van der Waals surface area contributed by atoms with Crippen LogP contribution in [-0.2, 0) is 42.8 Å². The molecule has 3 atom stereocenters. The Balaban J connectivity index is 0.892. The summed E-state index contributed by atoms with van der Waals surface area (Å²) in [6.07, 6.45) is -4.12. The van der Waals surface area contributed by atoms with Crippen LogP contribution in [0.5, 0.6) is 0 Å². The third-order valence-corrected chi connectivity index (χ3v) is 15.5. The van der Waals surface area contributed by atoms with Crippen LogP contribution in [0.1, 0.15) is 102 Å². The molecule has 8 rings (SSSR count). The first kappa shape index (κ1) is 65.0. The van der Waals surface area contributed by atoms with Gasteiger partial charge in [-0.15, -0.1) is 0 Å². The number of ether oxygens (including phenoxy) is 2. The Hall–Kier alpha value is -10.0. The number of likely N-dealkylation sites (N-methyl/N-ethyl adjacent to an activating group) is 1. The number of anilines is 2. The standard InChI is InChI=1S/C66H63F6N9O8/c1-7-88-59(83)54-41(3)80(52-13-9-11-50(35-52)65(67,68)69)62(86)78(56(54)47-21-15-43(37-73)16-22-47)39-45-19-25-49(26-20-45)58(82)75-31-33-77(6)34-32-76-61(85)64(5)29-27-46(28-30-64)40-79-57(48-23-17-44(38-74)18-24-48)55(60(84)89-8-2)42(4)81(63(79)87)53-14-10-12-51(36-53)66(70,71)72/h9-29,35-36,56-57H,7-8,30-34,39-40H2,1-6H3,(H,75,82)(H,76,85). The lowest BCUT2D eigenvalue weighted by molar-refractivity contribution is -0.140. The maximum atomic E-state index is 14.8. The number of urea groups is 2. The first-order valence-corrected chi connectivity index (χ1v) is 28.4. The molecular formula is C66H63F6N9O8. The quantitative estimate of drug-likeness (QED) is 0.0553. The first-order chi connectivity index (χ1) is 42.3. The Morgan fingerprint density at radius 1 is 0.652 bits per heavy atom. The fraction of sp³-hybridized carbons (Fsp3) is 0.303. The molecule has 0 bridgehead atoms. The van der Waals surface area contributed by atoms with Crippen LogP contribution in [0.3, 0.4) is 0 Å². The van der Waals surface area contributed by atoms with Crippen molar-refractivity contribution in [2.75, 3.05) is 62.8 Å². The van der Waals surface area contributed by atoms with Crippen LogP contribution in [0.25, 0.3) is 0 Å². The Bertz CT molecular complexity index is 3750. The van der Waals surface area contributed by atoms with Crippen LogP contribution in [0.2, 0.25) is 0 Å². The second kappa shape index (κ2) is 27.4. The molecule has 462 valence electrons. The molecule has 23 heteroatoms. The number of hydrogen-bond donors (Lipinski definition) is 2. The van der Waals surface area contributed by atoms with Crippen LogP contribution in [0.15, 0.2) is 168 Å². The lowest BCUT2D eigenvalue weighted by Gasteiger charge is -2.43. The van der Waals surface area contributed by atoms with Gasteiger partial charge in [0.25, 0.3) is 5.91 Å². The van der Waals surface area contributed by atoms with E-state index in [1.165, 1.54) is 66.1 Å². The number of allylic oxidation sites excluding steroid dienone is 3. The molecule has 0 saturated heterocycles. The first-order valence-electron chi connectivity index (χ1n) is 28.4. The summed E-state index contributed by atoms with van der Waals surface area (Å²) in [6.45, 7) is 8.64. The number of nitrogens with zero attached hydrogens (tertiary/aromatic N) is 7. The van der Waals surface area contributed by atoms with Crippen molar-refractivity contribution in [2.24, 2.45) is 5.41 Å². The van der Waals surface area contributed by atoms with Gasteiger partial charge in [0.15, 0.2) is 0 Å². The highest BCUT2D eigenvalue weighted by Crippen LogP contribution is 2.45. The van der Waals surface area contributed by atoms with Crippen LogP contribution < -0.4 is 20.4 Å². The van der Waals surface area contributed by atoms with Gasteiger partial charge in [0, 0.05) is 56.2 Å². The van der Waals surface area contributed by atoms with Crippen LogP contribution in [0, 0.1) is 28.1 Å². The summed E-state index contributed by atoms with van der Waals surface area (Å²) in [6, 6.07) is 27.6. The third-order valence-electron chi connectivity index (χ3n) is 15.5. The number of carbonyl (C=O) groups excluding carboxylic acids is 6. The number of carbonyl (C=O) groups is 6. The molecule has 2 heterocycles. The maximum Gasteiger partial charge on any atom is 0.416 e. The predicted molar refractivity (Wildman–Crippen MR) is 317 cm³/mol. The number of esters is 2. The Kier molecular flexibility index (Phi) is 20.0. The van der Waals surface area contributed by atoms with E-state index in [9.17, 15) is 65.6 Å². The summed E-state index contributed by atoms with van der Waals surface area (Å²) in [4.78, 5) is 91.0. The minimum atomic E-state index is -4.74. The zero-order chi connectivity index (χ0) is 64.5. The number of rotatable bonds is 20. The zero-order valence-corrected chi connectivity index (χ0v) is 49.5. The van der Waals surface area contributed by atoms with Crippen LogP contribution in [-0.4, -0.2) is 104 Å². The van der Waals surface area contributed by atoms with Crippen molar-refractivity contribution in [1.82, 2.24) is 25.3 Å². The second-order valence-corrected chi connectivity index (χ2v) is 21.5. The van der Waals surface area contributed by atoms with Gasteiger partial charge in [0.1, 0.15) is 0 Å². The van der Waals surface area contributed by atoms with Crippen molar-refractivity contribution in [3.8, 4) is 12.1 Å². The highest BCUT2D eigenvalue weighted by atomic mass is 19.4. The fourth-order valence-corrected chi connectivity index (χ4v) is 10.7. The van der Waals surface area contributed by atoms with Gasteiger partial charge < -0.3 is 34.8 Å². The second-order valence-electron chi connectivity index (χ2n) is 21.5. The van der Waals surface area contributed by atoms with E-state index >= 15 is 0 Å². The SMILES string of the molecule is CCOC(=O)C1=C(C)N(c2cccc(C(F)(F)F)c2)C(=O)N(CC2=CCC(C)(C(=O)NCCN(C)CCNC(=O)c3ccc(CN4C(=O)N(c5cccc(C(F)(F)F)c5)C(C)=C(C(=O)OCC)C4c4ccc(C#N)cc4)cc3)C=C2)C1c1ccc(C#N)cc1. The third kappa shape index (κ3) is 14.5. The molecular weight excluding hydrogens is 1160 g/mol. The minimum absolute atomic E-state index is 0.000661.